The molecule has 0 bridgehead atoms. The van der Waals surface area contributed by atoms with Crippen molar-refractivity contribution in [1.82, 2.24) is 10.9 Å². The quantitative estimate of drug-likeness (QED) is 0.632. The number of carbonyl (C=O) groups is 3. The molecule has 2 aromatic rings. The van der Waals surface area contributed by atoms with Gasteiger partial charge in [0.05, 0.1) is 18.0 Å². The van der Waals surface area contributed by atoms with E-state index >= 15 is 0 Å². The van der Waals surface area contributed by atoms with E-state index < -0.39 is 11.8 Å². The van der Waals surface area contributed by atoms with Crippen LogP contribution in [0.4, 0.5) is 5.69 Å². The van der Waals surface area contributed by atoms with Crippen molar-refractivity contribution in [2.24, 2.45) is 5.92 Å². The van der Waals surface area contributed by atoms with Gasteiger partial charge in [0.1, 0.15) is 5.75 Å². The van der Waals surface area contributed by atoms with Gasteiger partial charge in [0, 0.05) is 16.0 Å². The summed E-state index contributed by atoms with van der Waals surface area (Å²) < 4.78 is 5.63. The fourth-order valence-corrected chi connectivity index (χ4v) is 3.39. The average molecular weight is 413 g/mol. The van der Waals surface area contributed by atoms with Crippen molar-refractivity contribution in [3.05, 3.63) is 53.6 Å². The van der Waals surface area contributed by atoms with Crippen molar-refractivity contribution >= 4 is 35.2 Å². The number of thioether (sulfide) groups is 1. The maximum absolute atomic E-state index is 12.3. The second kappa shape index (κ2) is 9.47. The first-order chi connectivity index (χ1) is 13.9. The normalized spacial score (nSPS) is 12.7. The number of amides is 3. The molecule has 2 aromatic carbocycles. The predicted octanol–water partition coefficient (Wildman–Crippen LogP) is 3.23. The van der Waals surface area contributed by atoms with Crippen LogP contribution in [0.2, 0.25) is 0 Å². The molecular formula is C21H23N3O4S. The molecule has 3 amide bonds. The molecule has 152 valence electrons. The molecule has 0 atom stereocenters. The molecule has 0 spiro atoms. The number of hydrazine groups is 1. The predicted molar refractivity (Wildman–Crippen MR) is 112 cm³/mol. The summed E-state index contributed by atoms with van der Waals surface area (Å²) in [5, 5.41) is 2.73. The van der Waals surface area contributed by atoms with Crippen LogP contribution in [0.25, 0.3) is 0 Å². The number of hydrogen-bond acceptors (Lipinski definition) is 5. The minimum Gasteiger partial charge on any atom is -0.494 e. The highest BCUT2D eigenvalue weighted by Gasteiger charge is 2.17. The van der Waals surface area contributed by atoms with Crippen molar-refractivity contribution in [3.63, 3.8) is 0 Å². The monoisotopic (exact) mass is 413 g/mol. The molecular weight excluding hydrogens is 390 g/mol. The Morgan fingerprint density at radius 3 is 2.41 bits per heavy atom. The molecule has 0 radical (unpaired) electrons. The molecule has 7 nitrogen and oxygen atoms in total. The second-order valence-electron chi connectivity index (χ2n) is 7.01. The summed E-state index contributed by atoms with van der Waals surface area (Å²) in [6.45, 7) is 4.88. The number of hydrogen-bond donors (Lipinski definition) is 3. The minimum atomic E-state index is -0.473. The third-order valence-corrected chi connectivity index (χ3v) is 5.32. The van der Waals surface area contributed by atoms with E-state index in [2.05, 4.69) is 30.0 Å². The summed E-state index contributed by atoms with van der Waals surface area (Å²) in [6.07, 6.45) is 0.958. The third-order valence-electron chi connectivity index (χ3n) is 4.24. The summed E-state index contributed by atoms with van der Waals surface area (Å²) in [4.78, 5) is 36.9. The molecule has 29 heavy (non-hydrogen) atoms. The van der Waals surface area contributed by atoms with E-state index in [1.807, 2.05) is 0 Å². The van der Waals surface area contributed by atoms with E-state index in [1.54, 1.807) is 42.5 Å². The largest absolute Gasteiger partial charge is 0.494 e. The van der Waals surface area contributed by atoms with Gasteiger partial charge in [-0.1, -0.05) is 13.8 Å². The Morgan fingerprint density at radius 2 is 1.72 bits per heavy atom. The molecule has 0 unspecified atom stereocenters. The van der Waals surface area contributed by atoms with Crippen LogP contribution in [0.3, 0.4) is 0 Å². The molecule has 1 aliphatic rings. The number of carbonyl (C=O) groups excluding carboxylic acids is 3. The molecule has 3 N–H and O–H groups in total. The van der Waals surface area contributed by atoms with E-state index in [9.17, 15) is 14.4 Å². The average Bonchev–Trinajstić information content (AvgIpc) is 2.71. The van der Waals surface area contributed by atoms with Crippen LogP contribution < -0.4 is 20.9 Å². The first-order valence-corrected chi connectivity index (χ1v) is 10.3. The van der Waals surface area contributed by atoms with Gasteiger partial charge >= 0.3 is 0 Å². The first-order valence-electron chi connectivity index (χ1n) is 9.32. The standard InChI is InChI=1S/C21H23N3O4S/c1-13(2)9-10-28-16-6-3-14(4-7-16)20(26)23-24-21(27)15-5-8-18-17(11-15)22-19(25)12-29-18/h3-8,11,13H,9-10,12H2,1-2H3,(H,22,25)(H,23,26)(H,24,27). The van der Waals surface area contributed by atoms with Crippen molar-refractivity contribution in [1.29, 1.82) is 0 Å². The fraction of sp³-hybridized carbons (Fsp3) is 0.286. The van der Waals surface area contributed by atoms with Gasteiger partial charge in [0.15, 0.2) is 0 Å². The highest BCUT2D eigenvalue weighted by Crippen LogP contribution is 2.31. The van der Waals surface area contributed by atoms with Crippen LogP contribution in [0, 0.1) is 5.92 Å². The number of anilines is 1. The Morgan fingerprint density at radius 1 is 1.07 bits per heavy atom. The molecule has 1 heterocycles. The highest BCUT2D eigenvalue weighted by molar-refractivity contribution is 8.00. The van der Waals surface area contributed by atoms with Crippen molar-refractivity contribution in [2.45, 2.75) is 25.2 Å². The molecule has 3 rings (SSSR count). The number of rotatable bonds is 6. The number of ether oxygens (including phenoxy) is 1. The second-order valence-corrected chi connectivity index (χ2v) is 8.03. The van der Waals surface area contributed by atoms with Crippen LogP contribution in [-0.2, 0) is 4.79 Å². The molecule has 1 aliphatic heterocycles. The van der Waals surface area contributed by atoms with Crippen LogP contribution in [0.5, 0.6) is 5.75 Å². The van der Waals surface area contributed by atoms with Gasteiger partial charge in [0.2, 0.25) is 5.91 Å². The lowest BCUT2D eigenvalue weighted by molar-refractivity contribution is -0.113. The fourth-order valence-electron chi connectivity index (χ4n) is 2.60. The SMILES string of the molecule is CC(C)CCOc1ccc(C(=O)NNC(=O)c2ccc3c(c2)NC(=O)CS3)cc1. The van der Waals surface area contributed by atoms with Gasteiger partial charge in [-0.2, -0.15) is 0 Å². The Bertz CT molecular complexity index is 913. The van der Waals surface area contributed by atoms with Crippen LogP contribution in [-0.4, -0.2) is 30.1 Å². The lowest BCUT2D eigenvalue weighted by Gasteiger charge is -2.17. The van der Waals surface area contributed by atoms with Crippen molar-refractivity contribution in [2.75, 3.05) is 17.7 Å². The van der Waals surface area contributed by atoms with Crippen LogP contribution >= 0.6 is 11.8 Å². The lowest BCUT2D eigenvalue weighted by Crippen LogP contribution is -2.41. The third kappa shape index (κ3) is 5.74. The summed E-state index contributed by atoms with van der Waals surface area (Å²) in [5.41, 5.74) is 6.11. The maximum Gasteiger partial charge on any atom is 0.269 e. The zero-order valence-electron chi connectivity index (χ0n) is 16.3. The molecule has 0 saturated heterocycles. The minimum absolute atomic E-state index is 0.106. The van der Waals surface area contributed by atoms with E-state index in [1.165, 1.54) is 11.8 Å². The van der Waals surface area contributed by atoms with E-state index in [0.717, 1.165) is 11.3 Å². The van der Waals surface area contributed by atoms with Gasteiger partial charge in [0.25, 0.3) is 11.8 Å². The van der Waals surface area contributed by atoms with Crippen molar-refractivity contribution in [3.8, 4) is 5.75 Å². The number of fused-ring (bicyclic) bond motifs is 1. The van der Waals surface area contributed by atoms with E-state index in [-0.39, 0.29) is 5.91 Å². The maximum atomic E-state index is 12.3. The summed E-state index contributed by atoms with van der Waals surface area (Å²) in [7, 11) is 0. The molecule has 0 fully saturated rings. The van der Waals surface area contributed by atoms with E-state index in [4.69, 9.17) is 4.74 Å². The Kier molecular flexibility index (Phi) is 6.77. The Labute approximate surface area is 173 Å². The van der Waals surface area contributed by atoms with Gasteiger partial charge in [-0.25, -0.2) is 0 Å². The van der Waals surface area contributed by atoms with Gasteiger partial charge in [-0.3, -0.25) is 25.2 Å². The Hall–Kier alpha value is -3.00. The molecule has 0 aromatic heterocycles. The van der Waals surface area contributed by atoms with Gasteiger partial charge in [-0.05, 0) is 54.8 Å². The van der Waals surface area contributed by atoms with Gasteiger partial charge in [-0.15, -0.1) is 11.8 Å². The lowest BCUT2D eigenvalue weighted by atomic mass is 10.1. The molecule has 0 saturated carbocycles. The summed E-state index contributed by atoms with van der Waals surface area (Å²) >= 11 is 1.42. The highest BCUT2D eigenvalue weighted by atomic mass is 32.2. The smallest absolute Gasteiger partial charge is 0.269 e. The molecule has 0 aliphatic carbocycles. The van der Waals surface area contributed by atoms with Crippen LogP contribution in [0.15, 0.2) is 47.4 Å². The summed E-state index contributed by atoms with van der Waals surface area (Å²) in [5.74, 6) is 0.600. The number of nitrogens with one attached hydrogen (secondary N) is 3. The van der Waals surface area contributed by atoms with Gasteiger partial charge < -0.3 is 10.1 Å². The zero-order chi connectivity index (χ0) is 20.8. The first kappa shape index (κ1) is 20.7. The zero-order valence-corrected chi connectivity index (χ0v) is 17.1. The topological polar surface area (TPSA) is 96.5 Å². The Balaban J connectivity index is 1.53. The van der Waals surface area contributed by atoms with Crippen molar-refractivity contribution < 1.29 is 19.1 Å². The van der Waals surface area contributed by atoms with Crippen LogP contribution in [0.1, 0.15) is 41.0 Å². The summed E-state index contributed by atoms with van der Waals surface area (Å²) in [6, 6.07) is 11.7. The van der Waals surface area contributed by atoms with E-state index in [0.29, 0.717) is 40.8 Å². The number of benzene rings is 2. The molecule has 8 heteroatoms.